The lowest BCUT2D eigenvalue weighted by Gasteiger charge is -2.18. The highest BCUT2D eigenvalue weighted by Gasteiger charge is 2.23. The van der Waals surface area contributed by atoms with Gasteiger partial charge in [0.1, 0.15) is 6.04 Å². The molecular formula is C15H24N2OS. The zero-order valence-electron chi connectivity index (χ0n) is 11.9. The standard InChI is InChI=1S/C15H24N2OS/c1-3-12-8-9-19-14(12)13(16-2)15(18)17-10-11-6-4-5-7-11/h8-9,11,13,16H,3-7,10H2,1-2H3,(H,17,18). The number of rotatable bonds is 6. The Labute approximate surface area is 119 Å². The third-order valence-corrected chi connectivity index (χ3v) is 5.04. The second-order valence-electron chi connectivity index (χ2n) is 5.28. The highest BCUT2D eigenvalue weighted by molar-refractivity contribution is 7.10. The highest BCUT2D eigenvalue weighted by Crippen LogP contribution is 2.26. The first-order valence-electron chi connectivity index (χ1n) is 7.27. The summed E-state index contributed by atoms with van der Waals surface area (Å²) in [6, 6.07) is 1.92. The fourth-order valence-corrected chi connectivity index (χ4v) is 3.94. The summed E-state index contributed by atoms with van der Waals surface area (Å²) in [6.07, 6.45) is 6.15. The van der Waals surface area contributed by atoms with Crippen LogP contribution in [0.25, 0.3) is 0 Å². The van der Waals surface area contributed by atoms with E-state index in [0.29, 0.717) is 5.92 Å². The fourth-order valence-electron chi connectivity index (χ4n) is 2.84. The Kier molecular flexibility index (Phi) is 5.40. The molecule has 0 radical (unpaired) electrons. The third-order valence-electron chi connectivity index (χ3n) is 4.01. The molecule has 0 saturated heterocycles. The molecule has 1 atom stereocenters. The Hall–Kier alpha value is -0.870. The number of thiophene rings is 1. The van der Waals surface area contributed by atoms with Gasteiger partial charge in [0.25, 0.3) is 0 Å². The second-order valence-corrected chi connectivity index (χ2v) is 6.23. The molecule has 0 aromatic carbocycles. The maximum absolute atomic E-state index is 12.3. The minimum atomic E-state index is -0.198. The zero-order chi connectivity index (χ0) is 13.7. The largest absolute Gasteiger partial charge is 0.354 e. The van der Waals surface area contributed by atoms with Crippen LogP contribution in [0.5, 0.6) is 0 Å². The van der Waals surface area contributed by atoms with E-state index in [1.165, 1.54) is 31.2 Å². The molecule has 0 aliphatic heterocycles. The van der Waals surface area contributed by atoms with Gasteiger partial charge in [0.05, 0.1) is 0 Å². The average molecular weight is 280 g/mol. The van der Waals surface area contributed by atoms with Crippen molar-refractivity contribution >= 4 is 17.2 Å². The minimum Gasteiger partial charge on any atom is -0.354 e. The van der Waals surface area contributed by atoms with Crippen LogP contribution in [0.2, 0.25) is 0 Å². The van der Waals surface area contributed by atoms with E-state index in [9.17, 15) is 4.79 Å². The lowest BCUT2D eigenvalue weighted by Crippen LogP contribution is -2.38. The predicted octanol–water partition coefficient (Wildman–Crippen LogP) is 2.88. The summed E-state index contributed by atoms with van der Waals surface area (Å²) < 4.78 is 0. The Balaban J connectivity index is 1.94. The van der Waals surface area contributed by atoms with Crippen molar-refractivity contribution in [2.45, 2.75) is 45.1 Å². The van der Waals surface area contributed by atoms with Crippen molar-refractivity contribution in [3.63, 3.8) is 0 Å². The van der Waals surface area contributed by atoms with Crippen molar-refractivity contribution in [1.82, 2.24) is 10.6 Å². The molecule has 0 bridgehead atoms. The molecule has 1 aromatic heterocycles. The summed E-state index contributed by atoms with van der Waals surface area (Å²) >= 11 is 1.67. The molecule has 0 spiro atoms. The minimum absolute atomic E-state index is 0.117. The highest BCUT2D eigenvalue weighted by atomic mass is 32.1. The Bertz CT molecular complexity index is 410. The topological polar surface area (TPSA) is 41.1 Å². The molecule has 106 valence electrons. The van der Waals surface area contributed by atoms with Gasteiger partial charge in [-0.2, -0.15) is 0 Å². The number of aryl methyl sites for hydroxylation is 1. The monoisotopic (exact) mass is 280 g/mol. The number of carbonyl (C=O) groups is 1. The number of hydrogen-bond donors (Lipinski definition) is 2. The van der Waals surface area contributed by atoms with Gasteiger partial charge in [0, 0.05) is 11.4 Å². The molecule has 2 N–H and O–H groups in total. The van der Waals surface area contributed by atoms with E-state index < -0.39 is 0 Å². The molecule has 1 fully saturated rings. The number of hydrogen-bond acceptors (Lipinski definition) is 3. The summed E-state index contributed by atoms with van der Waals surface area (Å²) in [7, 11) is 1.86. The van der Waals surface area contributed by atoms with E-state index in [-0.39, 0.29) is 11.9 Å². The van der Waals surface area contributed by atoms with Gasteiger partial charge >= 0.3 is 0 Å². The van der Waals surface area contributed by atoms with Gasteiger partial charge < -0.3 is 10.6 Å². The van der Waals surface area contributed by atoms with Crippen molar-refractivity contribution in [1.29, 1.82) is 0 Å². The SMILES string of the molecule is CCc1ccsc1C(NC)C(=O)NCC1CCCC1. The first-order valence-corrected chi connectivity index (χ1v) is 8.15. The lowest BCUT2D eigenvalue weighted by molar-refractivity contribution is -0.123. The predicted molar refractivity (Wildman–Crippen MR) is 80.5 cm³/mol. The van der Waals surface area contributed by atoms with E-state index in [4.69, 9.17) is 0 Å². The summed E-state index contributed by atoms with van der Waals surface area (Å²) in [4.78, 5) is 13.5. The molecule has 1 unspecified atom stereocenters. The molecule has 19 heavy (non-hydrogen) atoms. The van der Waals surface area contributed by atoms with Crippen LogP contribution in [-0.4, -0.2) is 19.5 Å². The van der Waals surface area contributed by atoms with Crippen molar-refractivity contribution in [3.05, 3.63) is 21.9 Å². The summed E-state index contributed by atoms with van der Waals surface area (Å²) in [5.74, 6) is 0.807. The van der Waals surface area contributed by atoms with Gasteiger partial charge in [-0.25, -0.2) is 0 Å². The van der Waals surface area contributed by atoms with Crippen LogP contribution in [0.4, 0.5) is 0 Å². The summed E-state index contributed by atoms with van der Waals surface area (Å²) in [5, 5.41) is 8.35. The number of carbonyl (C=O) groups excluding carboxylic acids is 1. The normalized spacial score (nSPS) is 17.6. The van der Waals surface area contributed by atoms with Crippen molar-refractivity contribution in [2.75, 3.05) is 13.6 Å². The zero-order valence-corrected chi connectivity index (χ0v) is 12.7. The van der Waals surface area contributed by atoms with E-state index in [0.717, 1.165) is 17.8 Å². The van der Waals surface area contributed by atoms with Crippen LogP contribution in [-0.2, 0) is 11.2 Å². The Morgan fingerprint density at radius 2 is 2.21 bits per heavy atom. The van der Waals surface area contributed by atoms with E-state index in [2.05, 4.69) is 29.0 Å². The molecule has 2 rings (SSSR count). The summed E-state index contributed by atoms with van der Waals surface area (Å²) in [6.45, 7) is 2.97. The second kappa shape index (κ2) is 7.06. The maximum atomic E-state index is 12.3. The van der Waals surface area contributed by atoms with Crippen LogP contribution >= 0.6 is 11.3 Å². The molecule has 1 heterocycles. The average Bonchev–Trinajstić information content (AvgIpc) is 3.08. The Morgan fingerprint density at radius 3 is 2.84 bits per heavy atom. The maximum Gasteiger partial charge on any atom is 0.242 e. The molecule has 1 amide bonds. The van der Waals surface area contributed by atoms with Crippen LogP contribution < -0.4 is 10.6 Å². The van der Waals surface area contributed by atoms with Gasteiger partial charge in [0.2, 0.25) is 5.91 Å². The number of amides is 1. The first-order chi connectivity index (χ1) is 9.26. The van der Waals surface area contributed by atoms with E-state index in [1.807, 2.05) is 7.05 Å². The van der Waals surface area contributed by atoms with Crippen molar-refractivity contribution < 1.29 is 4.79 Å². The first kappa shape index (κ1) is 14.5. The smallest absolute Gasteiger partial charge is 0.242 e. The molecular weight excluding hydrogens is 256 g/mol. The van der Waals surface area contributed by atoms with Crippen LogP contribution in [0.1, 0.15) is 49.1 Å². The van der Waals surface area contributed by atoms with Gasteiger partial charge in [-0.05, 0) is 49.2 Å². The van der Waals surface area contributed by atoms with Crippen molar-refractivity contribution in [3.8, 4) is 0 Å². The number of nitrogens with one attached hydrogen (secondary N) is 2. The van der Waals surface area contributed by atoms with Gasteiger partial charge in [0.15, 0.2) is 0 Å². The van der Waals surface area contributed by atoms with Gasteiger partial charge in [-0.1, -0.05) is 19.8 Å². The summed E-state index contributed by atoms with van der Waals surface area (Å²) in [5.41, 5.74) is 1.28. The van der Waals surface area contributed by atoms with Gasteiger partial charge in [-0.3, -0.25) is 4.79 Å². The quantitative estimate of drug-likeness (QED) is 0.841. The molecule has 1 aliphatic rings. The number of likely N-dealkylation sites (N-methyl/N-ethyl adjacent to an activating group) is 1. The van der Waals surface area contributed by atoms with Crippen molar-refractivity contribution in [2.24, 2.45) is 5.92 Å². The molecule has 1 aliphatic carbocycles. The van der Waals surface area contributed by atoms with Crippen LogP contribution in [0, 0.1) is 5.92 Å². The molecule has 4 heteroatoms. The fraction of sp³-hybridized carbons (Fsp3) is 0.667. The Morgan fingerprint density at radius 1 is 1.47 bits per heavy atom. The van der Waals surface area contributed by atoms with Crippen LogP contribution in [0.3, 0.4) is 0 Å². The van der Waals surface area contributed by atoms with E-state index >= 15 is 0 Å². The van der Waals surface area contributed by atoms with Gasteiger partial charge in [-0.15, -0.1) is 11.3 Å². The molecule has 1 saturated carbocycles. The molecule has 3 nitrogen and oxygen atoms in total. The van der Waals surface area contributed by atoms with E-state index in [1.54, 1.807) is 11.3 Å². The third kappa shape index (κ3) is 3.57. The molecule has 1 aromatic rings. The van der Waals surface area contributed by atoms with Crippen LogP contribution in [0.15, 0.2) is 11.4 Å². The lowest BCUT2D eigenvalue weighted by atomic mass is 10.1.